The Kier molecular flexibility index (Phi) is 4.09. The molecule has 1 aliphatic rings. The number of rotatable bonds is 4. The van der Waals surface area contributed by atoms with Crippen molar-refractivity contribution < 1.29 is 24.5 Å². The van der Waals surface area contributed by atoms with Gasteiger partial charge in [0.05, 0.1) is 24.0 Å². The molecule has 2 N–H and O–H groups in total. The van der Waals surface area contributed by atoms with Gasteiger partial charge in [0.1, 0.15) is 0 Å². The quantitative estimate of drug-likeness (QED) is 0.884. The second kappa shape index (κ2) is 5.63. The molecule has 1 aliphatic heterocycles. The molecule has 1 aromatic rings. The first-order valence-electron chi connectivity index (χ1n) is 6.58. The molecule has 1 saturated heterocycles. The minimum Gasteiger partial charge on any atom is -0.481 e. The fraction of sp³-hybridized carbons (Fsp3) is 0.467. The standard InChI is InChI=1S/C15H18O5/c1-10-7-15(14(18)19,9-13(16)17)8-12(20-10)11-5-3-2-4-6-11/h2-6,10,12H,7-9H2,1H3,(H,16,17)(H,18,19)/t10-,12+,15+/m1/s1. The molecule has 1 fully saturated rings. The third-order valence-corrected chi connectivity index (χ3v) is 3.77. The van der Waals surface area contributed by atoms with Crippen LogP contribution in [0.25, 0.3) is 0 Å². The molecular formula is C15H18O5. The Morgan fingerprint density at radius 2 is 1.90 bits per heavy atom. The summed E-state index contributed by atoms with van der Waals surface area (Å²) in [6.45, 7) is 1.79. The van der Waals surface area contributed by atoms with Crippen molar-refractivity contribution in [1.82, 2.24) is 0 Å². The fourth-order valence-corrected chi connectivity index (χ4v) is 2.91. The van der Waals surface area contributed by atoms with Crippen molar-refractivity contribution in [3.05, 3.63) is 35.9 Å². The Bertz CT molecular complexity index is 498. The van der Waals surface area contributed by atoms with Gasteiger partial charge in [-0.3, -0.25) is 9.59 Å². The number of hydrogen-bond acceptors (Lipinski definition) is 3. The number of aliphatic carboxylic acids is 2. The van der Waals surface area contributed by atoms with Gasteiger partial charge >= 0.3 is 11.9 Å². The van der Waals surface area contributed by atoms with E-state index in [-0.39, 0.29) is 31.5 Å². The Balaban J connectivity index is 2.30. The largest absolute Gasteiger partial charge is 0.481 e. The van der Waals surface area contributed by atoms with E-state index < -0.39 is 17.4 Å². The summed E-state index contributed by atoms with van der Waals surface area (Å²) in [4.78, 5) is 22.6. The smallest absolute Gasteiger partial charge is 0.310 e. The first kappa shape index (κ1) is 14.5. The van der Waals surface area contributed by atoms with Gasteiger partial charge in [0.25, 0.3) is 0 Å². The van der Waals surface area contributed by atoms with Crippen LogP contribution in [-0.2, 0) is 14.3 Å². The average Bonchev–Trinajstić information content (AvgIpc) is 2.38. The first-order chi connectivity index (χ1) is 9.43. The summed E-state index contributed by atoms with van der Waals surface area (Å²) in [7, 11) is 0. The molecule has 2 rings (SSSR count). The Morgan fingerprint density at radius 3 is 2.45 bits per heavy atom. The van der Waals surface area contributed by atoms with Gasteiger partial charge in [0, 0.05) is 0 Å². The number of carbonyl (C=O) groups is 2. The van der Waals surface area contributed by atoms with Crippen molar-refractivity contribution in [2.45, 2.75) is 38.4 Å². The van der Waals surface area contributed by atoms with Gasteiger partial charge in [-0.15, -0.1) is 0 Å². The van der Waals surface area contributed by atoms with Crippen LogP contribution in [0, 0.1) is 5.41 Å². The molecule has 3 atom stereocenters. The lowest BCUT2D eigenvalue weighted by Gasteiger charge is -2.40. The van der Waals surface area contributed by atoms with Crippen LogP contribution in [0.3, 0.4) is 0 Å². The molecule has 108 valence electrons. The van der Waals surface area contributed by atoms with Gasteiger partial charge in [-0.2, -0.15) is 0 Å². The molecule has 0 bridgehead atoms. The van der Waals surface area contributed by atoms with E-state index >= 15 is 0 Å². The van der Waals surface area contributed by atoms with Gasteiger partial charge in [-0.25, -0.2) is 0 Å². The lowest BCUT2D eigenvalue weighted by Crippen LogP contribution is -2.43. The molecule has 0 unspecified atom stereocenters. The molecule has 0 aliphatic carbocycles. The third-order valence-electron chi connectivity index (χ3n) is 3.77. The molecule has 0 amide bonds. The van der Waals surface area contributed by atoms with Crippen LogP contribution >= 0.6 is 0 Å². The highest BCUT2D eigenvalue weighted by molar-refractivity contribution is 5.81. The maximum Gasteiger partial charge on any atom is 0.310 e. The van der Waals surface area contributed by atoms with Crippen molar-refractivity contribution in [2.75, 3.05) is 0 Å². The fourth-order valence-electron chi connectivity index (χ4n) is 2.91. The monoisotopic (exact) mass is 278 g/mol. The minimum atomic E-state index is -1.26. The summed E-state index contributed by atoms with van der Waals surface area (Å²) >= 11 is 0. The average molecular weight is 278 g/mol. The molecule has 5 nitrogen and oxygen atoms in total. The van der Waals surface area contributed by atoms with Gasteiger partial charge in [-0.1, -0.05) is 30.3 Å². The number of benzene rings is 1. The summed E-state index contributed by atoms with van der Waals surface area (Å²) in [6.07, 6.45) is -0.639. The van der Waals surface area contributed by atoms with Gasteiger partial charge in [0.15, 0.2) is 0 Å². The first-order valence-corrected chi connectivity index (χ1v) is 6.58. The predicted octanol–water partition coefficient (Wildman–Crippen LogP) is 2.47. The van der Waals surface area contributed by atoms with Crippen molar-refractivity contribution >= 4 is 11.9 Å². The predicted molar refractivity (Wildman–Crippen MR) is 71.3 cm³/mol. The second-order valence-corrected chi connectivity index (χ2v) is 5.41. The van der Waals surface area contributed by atoms with Crippen LogP contribution < -0.4 is 0 Å². The molecule has 5 heteroatoms. The highest BCUT2D eigenvalue weighted by Crippen LogP contribution is 2.45. The second-order valence-electron chi connectivity index (χ2n) is 5.41. The van der Waals surface area contributed by atoms with Crippen molar-refractivity contribution in [1.29, 1.82) is 0 Å². The highest BCUT2D eigenvalue weighted by Gasteiger charge is 2.47. The lowest BCUT2D eigenvalue weighted by atomic mass is 9.72. The van der Waals surface area contributed by atoms with Crippen LogP contribution in [0.15, 0.2) is 30.3 Å². The van der Waals surface area contributed by atoms with E-state index in [9.17, 15) is 14.7 Å². The Labute approximate surface area is 117 Å². The molecule has 0 spiro atoms. The van der Waals surface area contributed by atoms with E-state index in [1.54, 1.807) is 6.92 Å². The summed E-state index contributed by atoms with van der Waals surface area (Å²) < 4.78 is 5.80. The van der Waals surface area contributed by atoms with E-state index in [1.165, 1.54) is 0 Å². The molecular weight excluding hydrogens is 260 g/mol. The zero-order valence-corrected chi connectivity index (χ0v) is 11.3. The van der Waals surface area contributed by atoms with Crippen molar-refractivity contribution in [3.8, 4) is 0 Å². The molecule has 0 saturated carbocycles. The van der Waals surface area contributed by atoms with Gasteiger partial charge < -0.3 is 14.9 Å². The highest BCUT2D eigenvalue weighted by atomic mass is 16.5. The van der Waals surface area contributed by atoms with E-state index in [2.05, 4.69) is 0 Å². The number of ether oxygens (including phenoxy) is 1. The SMILES string of the molecule is C[C@@H]1C[C@](CC(=O)O)(C(=O)O)C[C@@H](c2ccccc2)O1. The molecule has 0 radical (unpaired) electrons. The zero-order chi connectivity index (χ0) is 14.8. The molecule has 1 heterocycles. The maximum atomic E-state index is 11.6. The number of hydrogen-bond donors (Lipinski definition) is 2. The molecule has 20 heavy (non-hydrogen) atoms. The van der Waals surface area contributed by atoms with E-state index in [1.807, 2.05) is 30.3 Å². The zero-order valence-electron chi connectivity index (χ0n) is 11.3. The maximum absolute atomic E-state index is 11.6. The summed E-state index contributed by atoms with van der Waals surface area (Å²) in [6, 6.07) is 9.33. The van der Waals surface area contributed by atoms with E-state index in [0.29, 0.717) is 0 Å². The summed E-state index contributed by atoms with van der Waals surface area (Å²) in [5.74, 6) is -2.15. The van der Waals surface area contributed by atoms with Gasteiger partial charge in [0.2, 0.25) is 0 Å². The van der Waals surface area contributed by atoms with Crippen LogP contribution in [0.2, 0.25) is 0 Å². The summed E-state index contributed by atoms with van der Waals surface area (Å²) in [5, 5.41) is 18.5. The number of carboxylic acids is 2. The van der Waals surface area contributed by atoms with E-state index in [0.717, 1.165) is 5.56 Å². The normalized spacial score (nSPS) is 29.9. The van der Waals surface area contributed by atoms with Gasteiger partial charge in [-0.05, 0) is 25.3 Å². The minimum absolute atomic E-state index is 0.184. The van der Waals surface area contributed by atoms with Crippen molar-refractivity contribution in [3.63, 3.8) is 0 Å². The van der Waals surface area contributed by atoms with Crippen LogP contribution in [0.5, 0.6) is 0 Å². The van der Waals surface area contributed by atoms with Crippen LogP contribution in [0.1, 0.15) is 37.9 Å². The van der Waals surface area contributed by atoms with Crippen LogP contribution in [-0.4, -0.2) is 28.3 Å². The Morgan fingerprint density at radius 1 is 1.25 bits per heavy atom. The van der Waals surface area contributed by atoms with Crippen molar-refractivity contribution in [2.24, 2.45) is 5.41 Å². The Hall–Kier alpha value is -1.88. The molecule has 1 aromatic carbocycles. The molecule has 0 aromatic heterocycles. The lowest BCUT2D eigenvalue weighted by molar-refractivity contribution is -0.172. The summed E-state index contributed by atoms with van der Waals surface area (Å²) in [5.41, 5.74) is -0.376. The van der Waals surface area contributed by atoms with Crippen LogP contribution in [0.4, 0.5) is 0 Å². The number of carboxylic acid groups (broad SMARTS) is 2. The van der Waals surface area contributed by atoms with E-state index in [4.69, 9.17) is 9.84 Å². The topological polar surface area (TPSA) is 83.8 Å². The third kappa shape index (κ3) is 2.99.